The Balaban J connectivity index is 2.91. The maximum atomic E-state index is 12.1. The zero-order valence-electron chi connectivity index (χ0n) is 9.08. The fourth-order valence-electron chi connectivity index (χ4n) is 1.48. The van der Waals surface area contributed by atoms with E-state index >= 15 is 0 Å². The number of carbonyl (C=O) groups is 1. The Labute approximate surface area is 91.3 Å². The van der Waals surface area contributed by atoms with Crippen LogP contribution in [0.3, 0.4) is 0 Å². The van der Waals surface area contributed by atoms with Crippen LogP contribution >= 0.6 is 0 Å². The Morgan fingerprint density at radius 2 is 2.00 bits per heavy atom. The van der Waals surface area contributed by atoms with Gasteiger partial charge in [-0.15, -0.1) is 0 Å². The van der Waals surface area contributed by atoms with Gasteiger partial charge in [0.25, 0.3) is 5.78 Å². The van der Waals surface area contributed by atoms with Gasteiger partial charge in [0.2, 0.25) is 0 Å². The standard InChI is InChI=1S/C10H13F3N2O/c1-3-8(4-2)15-6-7(5-14-15)9(16)10(11,12)13/h5-6,8H,3-4H2,1-2H3. The topological polar surface area (TPSA) is 34.9 Å². The van der Waals surface area contributed by atoms with Gasteiger partial charge in [-0.2, -0.15) is 18.3 Å². The number of carbonyl (C=O) groups excluding carboxylic acids is 1. The minimum Gasteiger partial charge on any atom is -0.284 e. The molecule has 0 radical (unpaired) electrons. The van der Waals surface area contributed by atoms with Crippen molar-refractivity contribution in [3.8, 4) is 0 Å². The summed E-state index contributed by atoms with van der Waals surface area (Å²) in [5, 5.41) is 3.79. The Morgan fingerprint density at radius 1 is 1.44 bits per heavy atom. The van der Waals surface area contributed by atoms with E-state index in [1.165, 1.54) is 4.68 Å². The van der Waals surface area contributed by atoms with Crippen LogP contribution in [0.2, 0.25) is 0 Å². The molecule has 0 unspecified atom stereocenters. The fourth-order valence-corrected chi connectivity index (χ4v) is 1.48. The molecule has 0 saturated carbocycles. The Kier molecular flexibility index (Phi) is 3.72. The summed E-state index contributed by atoms with van der Waals surface area (Å²) < 4.78 is 37.8. The van der Waals surface area contributed by atoms with E-state index in [4.69, 9.17) is 0 Å². The Morgan fingerprint density at radius 3 is 2.44 bits per heavy atom. The summed E-state index contributed by atoms with van der Waals surface area (Å²) in [6.45, 7) is 3.84. The van der Waals surface area contributed by atoms with Gasteiger partial charge in [-0.25, -0.2) is 0 Å². The van der Waals surface area contributed by atoms with Crippen LogP contribution in [0.4, 0.5) is 13.2 Å². The van der Waals surface area contributed by atoms with Crippen molar-refractivity contribution in [3.05, 3.63) is 18.0 Å². The van der Waals surface area contributed by atoms with Crippen molar-refractivity contribution in [3.63, 3.8) is 0 Å². The van der Waals surface area contributed by atoms with Crippen LogP contribution in [0.15, 0.2) is 12.4 Å². The molecular formula is C10H13F3N2O. The molecule has 1 rings (SSSR count). The third-order valence-corrected chi connectivity index (χ3v) is 2.44. The highest BCUT2D eigenvalue weighted by Gasteiger charge is 2.40. The molecule has 90 valence electrons. The molecule has 0 spiro atoms. The molecule has 0 bridgehead atoms. The van der Waals surface area contributed by atoms with Crippen LogP contribution in [0.5, 0.6) is 0 Å². The number of Topliss-reactive ketones (excluding diaryl/α,β-unsaturated/α-hetero) is 1. The lowest BCUT2D eigenvalue weighted by molar-refractivity contribution is -0.0885. The molecule has 0 aliphatic heterocycles. The van der Waals surface area contributed by atoms with Gasteiger partial charge in [-0.3, -0.25) is 9.48 Å². The van der Waals surface area contributed by atoms with E-state index in [2.05, 4.69) is 5.10 Å². The van der Waals surface area contributed by atoms with Crippen LogP contribution < -0.4 is 0 Å². The van der Waals surface area contributed by atoms with Crippen LogP contribution in [0.25, 0.3) is 0 Å². The summed E-state index contributed by atoms with van der Waals surface area (Å²) in [5.74, 6) is -1.84. The predicted octanol–water partition coefficient (Wildman–Crippen LogP) is 2.99. The second kappa shape index (κ2) is 4.67. The maximum absolute atomic E-state index is 12.1. The molecule has 1 aromatic rings. The Bertz CT molecular complexity index is 366. The number of hydrogen-bond donors (Lipinski definition) is 0. The van der Waals surface area contributed by atoms with Crippen molar-refractivity contribution >= 4 is 5.78 Å². The molecule has 0 amide bonds. The van der Waals surface area contributed by atoms with Crippen LogP contribution in [-0.2, 0) is 0 Å². The first-order valence-electron chi connectivity index (χ1n) is 5.05. The molecule has 0 aliphatic rings. The lowest BCUT2D eigenvalue weighted by atomic mass is 10.2. The van der Waals surface area contributed by atoms with Gasteiger partial charge in [-0.05, 0) is 12.8 Å². The second-order valence-corrected chi connectivity index (χ2v) is 3.51. The molecule has 0 aliphatic carbocycles. The third kappa shape index (κ3) is 2.62. The van der Waals surface area contributed by atoms with Gasteiger partial charge >= 0.3 is 6.18 Å². The summed E-state index contributed by atoms with van der Waals surface area (Å²) in [4.78, 5) is 10.9. The molecule has 1 aromatic heterocycles. The van der Waals surface area contributed by atoms with Crippen LogP contribution in [0, 0.1) is 0 Å². The largest absolute Gasteiger partial charge is 0.454 e. The van der Waals surface area contributed by atoms with Gasteiger partial charge in [0.15, 0.2) is 0 Å². The van der Waals surface area contributed by atoms with Gasteiger partial charge in [0.05, 0.1) is 17.8 Å². The normalized spacial score (nSPS) is 12.1. The number of ketones is 1. The molecule has 16 heavy (non-hydrogen) atoms. The molecule has 0 aromatic carbocycles. The molecule has 3 nitrogen and oxygen atoms in total. The molecule has 0 saturated heterocycles. The second-order valence-electron chi connectivity index (χ2n) is 3.51. The lowest BCUT2D eigenvalue weighted by Gasteiger charge is -2.12. The van der Waals surface area contributed by atoms with Crippen molar-refractivity contribution in [2.24, 2.45) is 0 Å². The number of alkyl halides is 3. The molecule has 0 N–H and O–H groups in total. The highest BCUT2D eigenvalue weighted by atomic mass is 19.4. The molecule has 6 heteroatoms. The quantitative estimate of drug-likeness (QED) is 0.750. The van der Waals surface area contributed by atoms with Gasteiger partial charge in [-0.1, -0.05) is 13.8 Å². The molecule has 0 atom stereocenters. The van der Waals surface area contributed by atoms with E-state index in [0.29, 0.717) is 0 Å². The first-order valence-corrected chi connectivity index (χ1v) is 5.05. The highest BCUT2D eigenvalue weighted by Crippen LogP contribution is 2.22. The smallest absolute Gasteiger partial charge is 0.284 e. The SMILES string of the molecule is CCC(CC)n1cc(C(=O)C(F)(F)F)cn1. The minimum absolute atomic E-state index is 0.0368. The lowest BCUT2D eigenvalue weighted by Crippen LogP contribution is -2.22. The summed E-state index contributed by atoms with van der Waals surface area (Å²) >= 11 is 0. The number of hydrogen-bond acceptors (Lipinski definition) is 2. The summed E-state index contributed by atoms with van der Waals surface area (Å²) in [7, 11) is 0. The average molecular weight is 234 g/mol. The summed E-state index contributed by atoms with van der Waals surface area (Å²) in [6, 6.07) is 0.0368. The number of aromatic nitrogens is 2. The van der Waals surface area contributed by atoms with E-state index in [9.17, 15) is 18.0 Å². The summed E-state index contributed by atoms with van der Waals surface area (Å²) in [6.07, 6.45) is -1.18. The van der Waals surface area contributed by atoms with Crippen molar-refractivity contribution in [1.82, 2.24) is 9.78 Å². The monoisotopic (exact) mass is 234 g/mol. The van der Waals surface area contributed by atoms with Gasteiger partial charge in [0.1, 0.15) is 0 Å². The zero-order valence-corrected chi connectivity index (χ0v) is 9.08. The molecular weight excluding hydrogens is 221 g/mol. The minimum atomic E-state index is -4.83. The van der Waals surface area contributed by atoms with Gasteiger partial charge in [0, 0.05) is 6.20 Å². The first-order chi connectivity index (χ1) is 7.40. The first kappa shape index (κ1) is 12.7. The Hall–Kier alpha value is -1.33. The van der Waals surface area contributed by atoms with E-state index in [1.807, 2.05) is 13.8 Å². The van der Waals surface area contributed by atoms with E-state index in [1.54, 1.807) is 0 Å². The zero-order chi connectivity index (χ0) is 12.3. The number of halogens is 3. The van der Waals surface area contributed by atoms with Crippen molar-refractivity contribution in [1.29, 1.82) is 0 Å². The number of rotatable bonds is 4. The number of nitrogens with zero attached hydrogens (tertiary/aromatic N) is 2. The molecule has 1 heterocycles. The highest BCUT2D eigenvalue weighted by molar-refractivity contribution is 5.99. The van der Waals surface area contributed by atoms with Crippen LogP contribution in [-0.4, -0.2) is 21.7 Å². The van der Waals surface area contributed by atoms with E-state index in [0.717, 1.165) is 25.2 Å². The maximum Gasteiger partial charge on any atom is 0.454 e. The van der Waals surface area contributed by atoms with Crippen molar-refractivity contribution in [2.75, 3.05) is 0 Å². The van der Waals surface area contributed by atoms with Crippen molar-refractivity contribution in [2.45, 2.75) is 38.9 Å². The van der Waals surface area contributed by atoms with Crippen molar-refractivity contribution < 1.29 is 18.0 Å². The average Bonchev–Trinajstić information content (AvgIpc) is 2.66. The summed E-state index contributed by atoms with van der Waals surface area (Å²) in [5.41, 5.74) is -0.403. The fraction of sp³-hybridized carbons (Fsp3) is 0.600. The van der Waals surface area contributed by atoms with Crippen LogP contribution in [0.1, 0.15) is 43.1 Å². The van der Waals surface area contributed by atoms with E-state index in [-0.39, 0.29) is 6.04 Å². The van der Waals surface area contributed by atoms with E-state index < -0.39 is 17.5 Å². The molecule has 0 fully saturated rings. The van der Waals surface area contributed by atoms with Gasteiger partial charge < -0.3 is 0 Å². The predicted molar refractivity (Wildman–Crippen MR) is 52.2 cm³/mol. The third-order valence-electron chi connectivity index (χ3n) is 2.44.